The number of nitrogens with one attached hydrogen (secondary N) is 1. The third kappa shape index (κ3) is 4.68. The predicted molar refractivity (Wildman–Crippen MR) is 75.6 cm³/mol. The number of nitrogens with zero attached hydrogens (tertiary/aromatic N) is 2. The van der Waals surface area contributed by atoms with Crippen molar-refractivity contribution < 1.29 is 14.7 Å². The summed E-state index contributed by atoms with van der Waals surface area (Å²) in [5.41, 5.74) is 1.38. The molecule has 0 aromatic carbocycles. The maximum Gasteiger partial charge on any atom is 0.303 e. The summed E-state index contributed by atoms with van der Waals surface area (Å²) in [6.07, 6.45) is 1.61. The monoisotopic (exact) mass is 281 g/mol. The molecule has 112 valence electrons. The lowest BCUT2D eigenvalue weighted by Crippen LogP contribution is -2.29. The van der Waals surface area contributed by atoms with Gasteiger partial charge in [-0.15, -0.1) is 0 Å². The zero-order valence-corrected chi connectivity index (χ0v) is 12.5. The molecule has 0 aliphatic rings. The van der Waals surface area contributed by atoms with Crippen LogP contribution in [0.2, 0.25) is 0 Å². The van der Waals surface area contributed by atoms with Gasteiger partial charge in [0.2, 0.25) is 0 Å². The maximum atomic E-state index is 12.0. The average molecular weight is 281 g/mol. The third-order valence-electron chi connectivity index (χ3n) is 3.02. The van der Waals surface area contributed by atoms with Crippen molar-refractivity contribution in [3.05, 3.63) is 17.5 Å². The normalized spacial score (nSPS) is 12.4. The summed E-state index contributed by atoms with van der Waals surface area (Å²) in [5.74, 6) is -0.690. The second-order valence-electron chi connectivity index (χ2n) is 5.63. The molecule has 6 heteroatoms. The molecule has 0 bridgehead atoms. The van der Waals surface area contributed by atoms with E-state index in [1.807, 2.05) is 11.6 Å². The molecule has 0 radical (unpaired) electrons. The first-order valence-corrected chi connectivity index (χ1v) is 6.83. The summed E-state index contributed by atoms with van der Waals surface area (Å²) in [6, 6.07) is 0. The number of amides is 1. The zero-order valence-electron chi connectivity index (χ0n) is 12.5. The van der Waals surface area contributed by atoms with E-state index in [0.29, 0.717) is 18.0 Å². The lowest BCUT2D eigenvalue weighted by Gasteiger charge is -2.11. The SMILES string of the molecule is Cc1c(C(=O)NCC(C)CC(=O)O)cnn1CC(C)C. The maximum absolute atomic E-state index is 12.0. The molecule has 1 heterocycles. The first kappa shape index (κ1) is 16.2. The van der Waals surface area contributed by atoms with Crippen molar-refractivity contribution in [3.8, 4) is 0 Å². The van der Waals surface area contributed by atoms with Crippen LogP contribution < -0.4 is 5.32 Å². The van der Waals surface area contributed by atoms with Gasteiger partial charge in [0.1, 0.15) is 0 Å². The molecular formula is C14H23N3O3. The van der Waals surface area contributed by atoms with Gasteiger partial charge in [0.15, 0.2) is 0 Å². The van der Waals surface area contributed by atoms with E-state index in [0.717, 1.165) is 12.2 Å². The van der Waals surface area contributed by atoms with E-state index in [4.69, 9.17) is 5.11 Å². The lowest BCUT2D eigenvalue weighted by molar-refractivity contribution is -0.137. The largest absolute Gasteiger partial charge is 0.481 e. The number of hydrogen-bond acceptors (Lipinski definition) is 3. The summed E-state index contributed by atoms with van der Waals surface area (Å²) in [7, 11) is 0. The van der Waals surface area contributed by atoms with E-state index < -0.39 is 5.97 Å². The Balaban J connectivity index is 2.60. The van der Waals surface area contributed by atoms with Crippen LogP contribution in [0.25, 0.3) is 0 Å². The average Bonchev–Trinajstić information content (AvgIpc) is 2.66. The van der Waals surface area contributed by atoms with Crippen LogP contribution in [0.1, 0.15) is 43.2 Å². The highest BCUT2D eigenvalue weighted by Gasteiger charge is 2.16. The van der Waals surface area contributed by atoms with Crippen LogP contribution in [-0.4, -0.2) is 33.3 Å². The van der Waals surface area contributed by atoms with E-state index in [-0.39, 0.29) is 18.2 Å². The van der Waals surface area contributed by atoms with Gasteiger partial charge >= 0.3 is 5.97 Å². The number of rotatable bonds is 7. The number of hydrogen-bond donors (Lipinski definition) is 2. The molecule has 0 aliphatic heterocycles. The molecule has 0 spiro atoms. The fourth-order valence-corrected chi connectivity index (χ4v) is 1.93. The highest BCUT2D eigenvalue weighted by Crippen LogP contribution is 2.10. The molecule has 0 fully saturated rings. The van der Waals surface area contributed by atoms with Crippen molar-refractivity contribution in [3.63, 3.8) is 0 Å². The van der Waals surface area contributed by atoms with Gasteiger partial charge in [-0.05, 0) is 18.8 Å². The van der Waals surface area contributed by atoms with Crippen LogP contribution in [0, 0.1) is 18.8 Å². The fourth-order valence-electron chi connectivity index (χ4n) is 1.93. The molecule has 1 rings (SSSR count). The van der Waals surface area contributed by atoms with Gasteiger partial charge in [0, 0.05) is 25.2 Å². The standard InChI is InChI=1S/C14H23N3O3/c1-9(2)8-17-11(4)12(7-16-17)14(20)15-6-10(3)5-13(18)19/h7,9-10H,5-6,8H2,1-4H3,(H,15,20)(H,18,19). The van der Waals surface area contributed by atoms with Crippen LogP contribution >= 0.6 is 0 Å². The Morgan fingerprint density at radius 1 is 1.40 bits per heavy atom. The Kier molecular flexibility index (Phi) is 5.73. The van der Waals surface area contributed by atoms with E-state index in [1.165, 1.54) is 0 Å². The molecule has 1 unspecified atom stereocenters. The molecule has 0 saturated carbocycles. The van der Waals surface area contributed by atoms with Gasteiger partial charge in [-0.25, -0.2) is 0 Å². The number of carboxylic acids is 1. The lowest BCUT2D eigenvalue weighted by atomic mass is 10.1. The Morgan fingerprint density at radius 3 is 2.60 bits per heavy atom. The molecule has 20 heavy (non-hydrogen) atoms. The van der Waals surface area contributed by atoms with Gasteiger partial charge in [0.25, 0.3) is 5.91 Å². The summed E-state index contributed by atoms with van der Waals surface area (Å²) < 4.78 is 1.82. The van der Waals surface area contributed by atoms with Gasteiger partial charge in [0.05, 0.1) is 11.8 Å². The minimum Gasteiger partial charge on any atom is -0.481 e. The Hall–Kier alpha value is -1.85. The minimum absolute atomic E-state index is 0.0475. The molecule has 6 nitrogen and oxygen atoms in total. The molecule has 2 N–H and O–H groups in total. The van der Waals surface area contributed by atoms with Crippen LogP contribution in [0.4, 0.5) is 0 Å². The van der Waals surface area contributed by atoms with Gasteiger partial charge in [-0.3, -0.25) is 14.3 Å². The number of aliphatic carboxylic acids is 1. The Bertz CT molecular complexity index is 480. The highest BCUT2D eigenvalue weighted by molar-refractivity contribution is 5.95. The van der Waals surface area contributed by atoms with Crippen molar-refractivity contribution >= 4 is 11.9 Å². The van der Waals surface area contributed by atoms with Crippen molar-refractivity contribution in [2.75, 3.05) is 6.54 Å². The summed E-state index contributed by atoms with van der Waals surface area (Å²) in [6.45, 7) is 8.96. The number of carbonyl (C=O) groups is 2. The molecule has 0 saturated heterocycles. The Morgan fingerprint density at radius 2 is 2.05 bits per heavy atom. The number of carboxylic acid groups (broad SMARTS) is 1. The van der Waals surface area contributed by atoms with Crippen molar-refractivity contribution in [1.82, 2.24) is 15.1 Å². The first-order valence-electron chi connectivity index (χ1n) is 6.83. The first-order chi connectivity index (χ1) is 9.31. The van der Waals surface area contributed by atoms with Crippen LogP contribution in [-0.2, 0) is 11.3 Å². The van der Waals surface area contributed by atoms with Crippen LogP contribution in [0.5, 0.6) is 0 Å². The quantitative estimate of drug-likeness (QED) is 0.796. The highest BCUT2D eigenvalue weighted by atomic mass is 16.4. The molecule has 1 aromatic rings. The van der Waals surface area contributed by atoms with Crippen LogP contribution in [0.15, 0.2) is 6.20 Å². The second kappa shape index (κ2) is 7.07. The molecule has 0 aliphatic carbocycles. The Labute approximate surface area is 119 Å². The van der Waals surface area contributed by atoms with E-state index in [9.17, 15) is 9.59 Å². The second-order valence-corrected chi connectivity index (χ2v) is 5.63. The third-order valence-corrected chi connectivity index (χ3v) is 3.02. The van der Waals surface area contributed by atoms with Crippen LogP contribution in [0.3, 0.4) is 0 Å². The van der Waals surface area contributed by atoms with Crippen molar-refractivity contribution in [2.45, 2.75) is 40.7 Å². The molecule has 1 aromatic heterocycles. The van der Waals surface area contributed by atoms with Crippen molar-refractivity contribution in [1.29, 1.82) is 0 Å². The summed E-state index contributed by atoms with van der Waals surface area (Å²) >= 11 is 0. The topological polar surface area (TPSA) is 84.2 Å². The number of aromatic nitrogens is 2. The summed E-state index contributed by atoms with van der Waals surface area (Å²) in [5, 5.41) is 15.6. The fraction of sp³-hybridized carbons (Fsp3) is 0.643. The van der Waals surface area contributed by atoms with E-state index >= 15 is 0 Å². The molecule has 1 atom stereocenters. The van der Waals surface area contributed by atoms with E-state index in [2.05, 4.69) is 24.3 Å². The minimum atomic E-state index is -0.854. The van der Waals surface area contributed by atoms with Gasteiger partial charge in [-0.2, -0.15) is 5.10 Å². The molecular weight excluding hydrogens is 258 g/mol. The zero-order chi connectivity index (χ0) is 15.3. The molecule has 1 amide bonds. The van der Waals surface area contributed by atoms with Gasteiger partial charge in [-0.1, -0.05) is 20.8 Å². The predicted octanol–water partition coefficient (Wildman–Crippen LogP) is 1.69. The number of carbonyl (C=O) groups excluding carboxylic acids is 1. The van der Waals surface area contributed by atoms with E-state index in [1.54, 1.807) is 13.1 Å². The smallest absolute Gasteiger partial charge is 0.303 e. The van der Waals surface area contributed by atoms with Crippen molar-refractivity contribution in [2.24, 2.45) is 11.8 Å². The van der Waals surface area contributed by atoms with Gasteiger partial charge < -0.3 is 10.4 Å². The summed E-state index contributed by atoms with van der Waals surface area (Å²) in [4.78, 5) is 22.6.